The second-order valence-electron chi connectivity index (χ2n) is 6.97. The molecule has 0 aliphatic rings. The van der Waals surface area contributed by atoms with E-state index in [1.807, 2.05) is 35.1 Å². The number of hydrogen-bond donors (Lipinski definition) is 1. The summed E-state index contributed by atoms with van der Waals surface area (Å²) in [5, 5.41) is 14.4. The van der Waals surface area contributed by atoms with Gasteiger partial charge in [0.05, 0.1) is 19.5 Å². The Kier molecular flexibility index (Phi) is 7.33. The second-order valence-corrected chi connectivity index (χ2v) is 9.17. The van der Waals surface area contributed by atoms with E-state index in [1.54, 1.807) is 20.4 Å². The number of nitrogens with one attached hydrogen (secondary N) is 1. The van der Waals surface area contributed by atoms with Gasteiger partial charge in [0.1, 0.15) is 0 Å². The minimum absolute atomic E-state index is 0.123. The van der Waals surface area contributed by atoms with Crippen LogP contribution in [0.5, 0.6) is 11.5 Å². The standard InChI is InChI=1S/C20H25N5O3S2/c1-12(2)11-25-17(14-6-7-15(27-4)16(10-14)28-5)23-24-20(25)30-13(3)18(26)22-19-21-8-9-29-19/h6-10,12-13H,11H2,1-5H3,(H,21,22,26)/t13-/m1/s1. The van der Waals surface area contributed by atoms with Gasteiger partial charge >= 0.3 is 0 Å². The summed E-state index contributed by atoms with van der Waals surface area (Å²) in [5.74, 6) is 2.25. The smallest absolute Gasteiger partial charge is 0.239 e. The summed E-state index contributed by atoms with van der Waals surface area (Å²) in [5.41, 5.74) is 0.868. The van der Waals surface area contributed by atoms with Gasteiger partial charge < -0.3 is 19.4 Å². The van der Waals surface area contributed by atoms with Crippen LogP contribution in [-0.4, -0.2) is 45.1 Å². The van der Waals surface area contributed by atoms with Gasteiger partial charge in [-0.15, -0.1) is 21.5 Å². The van der Waals surface area contributed by atoms with Crippen LogP contribution in [0.4, 0.5) is 5.13 Å². The molecule has 8 nitrogen and oxygen atoms in total. The first kappa shape index (κ1) is 22.1. The van der Waals surface area contributed by atoms with E-state index in [0.717, 1.165) is 17.9 Å². The van der Waals surface area contributed by atoms with Crippen LogP contribution >= 0.6 is 23.1 Å². The number of nitrogens with zero attached hydrogens (tertiary/aromatic N) is 4. The van der Waals surface area contributed by atoms with Crippen molar-refractivity contribution < 1.29 is 14.3 Å². The molecule has 0 aliphatic heterocycles. The van der Waals surface area contributed by atoms with Crippen LogP contribution in [-0.2, 0) is 11.3 Å². The van der Waals surface area contributed by atoms with Gasteiger partial charge in [-0.05, 0) is 31.0 Å². The maximum absolute atomic E-state index is 12.5. The summed E-state index contributed by atoms with van der Waals surface area (Å²) < 4.78 is 12.8. The molecular weight excluding hydrogens is 422 g/mol. The number of amides is 1. The first-order valence-corrected chi connectivity index (χ1v) is 11.2. The van der Waals surface area contributed by atoms with Crippen molar-refractivity contribution in [3.8, 4) is 22.9 Å². The lowest BCUT2D eigenvalue weighted by atomic mass is 10.1. The van der Waals surface area contributed by atoms with Crippen molar-refractivity contribution in [3.05, 3.63) is 29.8 Å². The lowest BCUT2D eigenvalue weighted by molar-refractivity contribution is -0.115. The van der Waals surface area contributed by atoms with Crippen LogP contribution in [0.2, 0.25) is 0 Å². The molecule has 1 atom stereocenters. The summed E-state index contributed by atoms with van der Waals surface area (Å²) in [4.78, 5) is 16.6. The van der Waals surface area contributed by atoms with Gasteiger partial charge in [-0.25, -0.2) is 4.98 Å². The number of carbonyl (C=O) groups is 1. The number of rotatable bonds is 9. The molecule has 2 aromatic heterocycles. The van der Waals surface area contributed by atoms with Gasteiger partial charge in [-0.2, -0.15) is 0 Å². The fourth-order valence-electron chi connectivity index (χ4n) is 2.80. The maximum atomic E-state index is 12.5. The third-order valence-electron chi connectivity index (χ3n) is 4.22. The van der Waals surface area contributed by atoms with Crippen molar-refractivity contribution >= 4 is 34.1 Å². The first-order chi connectivity index (χ1) is 14.4. The van der Waals surface area contributed by atoms with Crippen LogP contribution in [0.15, 0.2) is 34.9 Å². The summed E-state index contributed by atoms with van der Waals surface area (Å²) in [6.45, 7) is 6.83. The zero-order valence-electron chi connectivity index (χ0n) is 17.6. The topological polar surface area (TPSA) is 91.2 Å². The molecule has 30 heavy (non-hydrogen) atoms. The molecule has 1 N–H and O–H groups in total. The molecule has 0 radical (unpaired) electrons. The highest BCUT2D eigenvalue weighted by Crippen LogP contribution is 2.34. The molecule has 0 spiro atoms. The average molecular weight is 448 g/mol. The maximum Gasteiger partial charge on any atom is 0.239 e. The quantitative estimate of drug-likeness (QED) is 0.492. The minimum Gasteiger partial charge on any atom is -0.493 e. The van der Waals surface area contributed by atoms with Crippen LogP contribution in [0.1, 0.15) is 20.8 Å². The Balaban J connectivity index is 1.87. The molecule has 0 aliphatic carbocycles. The molecule has 10 heteroatoms. The predicted molar refractivity (Wildman–Crippen MR) is 119 cm³/mol. The normalized spacial score (nSPS) is 12.1. The van der Waals surface area contributed by atoms with E-state index >= 15 is 0 Å². The van der Waals surface area contributed by atoms with Crippen molar-refractivity contribution in [3.63, 3.8) is 0 Å². The van der Waals surface area contributed by atoms with Crippen molar-refractivity contribution in [1.82, 2.24) is 19.7 Å². The predicted octanol–water partition coefficient (Wildman–Crippen LogP) is 4.19. The summed E-state index contributed by atoms with van der Waals surface area (Å²) >= 11 is 2.76. The monoisotopic (exact) mass is 447 g/mol. The molecule has 1 aromatic carbocycles. The van der Waals surface area contributed by atoms with Gasteiger partial charge in [-0.3, -0.25) is 4.79 Å². The van der Waals surface area contributed by atoms with Crippen LogP contribution in [0.25, 0.3) is 11.4 Å². The number of thioether (sulfide) groups is 1. The van der Waals surface area contributed by atoms with Crippen molar-refractivity contribution in [2.45, 2.75) is 37.7 Å². The third-order valence-corrected chi connectivity index (χ3v) is 5.99. The van der Waals surface area contributed by atoms with E-state index in [9.17, 15) is 4.79 Å². The highest BCUT2D eigenvalue weighted by Gasteiger charge is 2.22. The van der Waals surface area contributed by atoms with Crippen molar-refractivity contribution in [2.24, 2.45) is 5.92 Å². The van der Waals surface area contributed by atoms with Gasteiger partial charge in [0.2, 0.25) is 5.91 Å². The lowest BCUT2D eigenvalue weighted by Crippen LogP contribution is -2.23. The number of benzene rings is 1. The molecular formula is C20H25N5O3S2. The number of thiazole rings is 1. The first-order valence-electron chi connectivity index (χ1n) is 9.45. The molecule has 0 saturated carbocycles. The SMILES string of the molecule is COc1ccc(-c2nnc(S[C@H](C)C(=O)Nc3nccs3)n2CC(C)C)cc1OC. The van der Waals surface area contributed by atoms with E-state index in [-0.39, 0.29) is 11.2 Å². The Labute approximate surface area is 184 Å². The summed E-state index contributed by atoms with van der Waals surface area (Å²) in [7, 11) is 3.20. The van der Waals surface area contributed by atoms with Gasteiger partial charge in [0.15, 0.2) is 27.6 Å². The number of aromatic nitrogens is 4. The van der Waals surface area contributed by atoms with E-state index in [1.165, 1.54) is 23.1 Å². The summed E-state index contributed by atoms with van der Waals surface area (Å²) in [6.07, 6.45) is 1.66. The number of methoxy groups -OCH3 is 2. The third kappa shape index (κ3) is 5.11. The highest BCUT2D eigenvalue weighted by molar-refractivity contribution is 8.00. The van der Waals surface area contributed by atoms with Gasteiger partial charge in [0.25, 0.3) is 0 Å². The molecule has 2 heterocycles. The fraction of sp³-hybridized carbons (Fsp3) is 0.400. The Morgan fingerprint density at radius 2 is 1.97 bits per heavy atom. The van der Waals surface area contributed by atoms with E-state index in [4.69, 9.17) is 9.47 Å². The Morgan fingerprint density at radius 3 is 2.60 bits per heavy atom. The Hall–Kier alpha value is -2.59. The van der Waals surface area contributed by atoms with Crippen LogP contribution in [0, 0.1) is 5.92 Å². The van der Waals surface area contributed by atoms with E-state index < -0.39 is 0 Å². The molecule has 0 bridgehead atoms. The van der Waals surface area contributed by atoms with Gasteiger partial charge in [-0.1, -0.05) is 25.6 Å². The molecule has 0 saturated heterocycles. The van der Waals surface area contributed by atoms with Crippen LogP contribution < -0.4 is 14.8 Å². The van der Waals surface area contributed by atoms with Crippen molar-refractivity contribution in [2.75, 3.05) is 19.5 Å². The molecule has 160 valence electrons. The Bertz CT molecular complexity index is 989. The molecule has 3 aromatic rings. The number of hydrogen-bond acceptors (Lipinski definition) is 8. The van der Waals surface area contributed by atoms with E-state index in [2.05, 4.69) is 34.3 Å². The number of anilines is 1. The highest BCUT2D eigenvalue weighted by atomic mass is 32.2. The van der Waals surface area contributed by atoms with Crippen LogP contribution in [0.3, 0.4) is 0 Å². The van der Waals surface area contributed by atoms with Crippen molar-refractivity contribution in [1.29, 1.82) is 0 Å². The Morgan fingerprint density at radius 1 is 1.20 bits per heavy atom. The molecule has 0 fully saturated rings. The zero-order valence-corrected chi connectivity index (χ0v) is 19.2. The lowest BCUT2D eigenvalue weighted by Gasteiger charge is -2.15. The molecule has 0 unspecified atom stereocenters. The largest absolute Gasteiger partial charge is 0.493 e. The van der Waals surface area contributed by atoms with E-state index in [0.29, 0.717) is 27.7 Å². The summed E-state index contributed by atoms with van der Waals surface area (Å²) in [6, 6.07) is 5.65. The number of ether oxygens (including phenoxy) is 2. The van der Waals surface area contributed by atoms with Gasteiger partial charge in [0, 0.05) is 23.7 Å². The molecule has 1 amide bonds. The second kappa shape index (κ2) is 9.94. The zero-order chi connectivity index (χ0) is 21.7. The molecule has 3 rings (SSSR count). The average Bonchev–Trinajstić information content (AvgIpc) is 3.37. The number of carbonyl (C=O) groups excluding carboxylic acids is 1. The fourth-order valence-corrected chi connectivity index (χ4v) is 4.19. The minimum atomic E-state index is -0.359.